The summed E-state index contributed by atoms with van der Waals surface area (Å²) in [7, 11) is 1.50. The lowest BCUT2D eigenvalue weighted by atomic mass is 10.1. The van der Waals surface area contributed by atoms with Gasteiger partial charge in [-0.05, 0) is 26.0 Å². The number of amides is 3. The fraction of sp³-hybridized carbons (Fsp3) is 0.400. The third kappa shape index (κ3) is 5.53. The molecule has 22 heavy (non-hydrogen) atoms. The van der Waals surface area contributed by atoms with E-state index in [-0.39, 0.29) is 24.2 Å². The number of methoxy groups -OCH3 is 1. The summed E-state index contributed by atoms with van der Waals surface area (Å²) in [5.41, 5.74) is 0.585. The van der Waals surface area contributed by atoms with Gasteiger partial charge in [-0.2, -0.15) is 0 Å². The zero-order chi connectivity index (χ0) is 16.5. The number of hydrogen-bond acceptors (Lipinski definition) is 4. The van der Waals surface area contributed by atoms with E-state index in [0.717, 1.165) is 0 Å². The second kappa shape index (κ2) is 8.78. The van der Waals surface area contributed by atoms with Gasteiger partial charge in [-0.25, -0.2) is 0 Å². The van der Waals surface area contributed by atoms with Gasteiger partial charge < -0.3 is 20.7 Å². The molecular weight excluding hydrogens is 286 g/mol. The van der Waals surface area contributed by atoms with Crippen molar-refractivity contribution in [3.05, 3.63) is 29.8 Å². The highest BCUT2D eigenvalue weighted by Crippen LogP contribution is 2.15. The Kier molecular flexibility index (Phi) is 7.04. The van der Waals surface area contributed by atoms with Crippen LogP contribution in [0.3, 0.4) is 0 Å². The Labute approximate surface area is 129 Å². The summed E-state index contributed by atoms with van der Waals surface area (Å²) in [4.78, 5) is 35.5. The van der Waals surface area contributed by atoms with Crippen molar-refractivity contribution in [2.45, 2.75) is 19.9 Å². The Bertz CT molecular complexity index is 543. The number of rotatable bonds is 6. The number of hydrogen-bond donors (Lipinski definition) is 3. The van der Waals surface area contributed by atoms with Crippen LogP contribution >= 0.6 is 0 Å². The molecule has 1 rings (SSSR count). The molecule has 0 bridgehead atoms. The zero-order valence-corrected chi connectivity index (χ0v) is 12.9. The summed E-state index contributed by atoms with van der Waals surface area (Å²) in [6.07, 6.45) is 0. The van der Waals surface area contributed by atoms with Crippen LogP contribution in [0, 0.1) is 0 Å². The molecule has 0 saturated carbocycles. The molecule has 0 atom stereocenters. The molecule has 0 unspecified atom stereocenters. The van der Waals surface area contributed by atoms with Gasteiger partial charge >= 0.3 is 11.8 Å². The van der Waals surface area contributed by atoms with Crippen molar-refractivity contribution in [1.29, 1.82) is 0 Å². The van der Waals surface area contributed by atoms with E-state index in [4.69, 9.17) is 4.74 Å². The lowest BCUT2D eigenvalue weighted by Crippen LogP contribution is -2.37. The van der Waals surface area contributed by atoms with E-state index in [1.54, 1.807) is 24.3 Å². The van der Waals surface area contributed by atoms with Crippen LogP contribution < -0.4 is 16.0 Å². The molecule has 120 valence electrons. The van der Waals surface area contributed by atoms with Crippen LogP contribution in [-0.2, 0) is 14.3 Å². The Morgan fingerprint density at radius 2 is 1.82 bits per heavy atom. The minimum Gasteiger partial charge on any atom is -0.383 e. The van der Waals surface area contributed by atoms with Crippen LogP contribution in [0.25, 0.3) is 0 Å². The van der Waals surface area contributed by atoms with Gasteiger partial charge in [0, 0.05) is 19.7 Å². The van der Waals surface area contributed by atoms with Crippen LogP contribution in [0.5, 0.6) is 0 Å². The molecule has 0 aliphatic rings. The van der Waals surface area contributed by atoms with E-state index in [9.17, 15) is 14.4 Å². The van der Waals surface area contributed by atoms with E-state index in [2.05, 4.69) is 16.0 Å². The molecule has 0 aromatic heterocycles. The number of anilines is 1. The van der Waals surface area contributed by atoms with Gasteiger partial charge in [-0.15, -0.1) is 0 Å². The standard InChI is InChI=1S/C15H21N3O4/c1-10(2)17-13(19)11-6-4-5-7-12(11)18-15(21)14(20)16-8-9-22-3/h4-7,10H,8-9H2,1-3H3,(H,16,20)(H,17,19)(H,18,21). The molecule has 0 heterocycles. The maximum Gasteiger partial charge on any atom is 0.313 e. The number of nitrogens with one attached hydrogen (secondary N) is 3. The number of carbonyl (C=O) groups is 3. The molecule has 0 radical (unpaired) electrons. The first-order valence-corrected chi connectivity index (χ1v) is 6.93. The van der Waals surface area contributed by atoms with Crippen molar-refractivity contribution in [3.63, 3.8) is 0 Å². The maximum absolute atomic E-state index is 12.1. The van der Waals surface area contributed by atoms with Gasteiger partial charge in [0.1, 0.15) is 0 Å². The van der Waals surface area contributed by atoms with Crippen molar-refractivity contribution < 1.29 is 19.1 Å². The van der Waals surface area contributed by atoms with Gasteiger partial charge in [0.2, 0.25) is 0 Å². The molecule has 0 aliphatic carbocycles. The Morgan fingerprint density at radius 3 is 2.45 bits per heavy atom. The molecule has 0 saturated heterocycles. The van der Waals surface area contributed by atoms with Crippen LogP contribution in [0.1, 0.15) is 24.2 Å². The molecule has 0 aliphatic heterocycles. The first-order valence-electron chi connectivity index (χ1n) is 6.93. The Hall–Kier alpha value is -2.41. The summed E-state index contributed by atoms with van der Waals surface area (Å²) in [6.45, 7) is 4.22. The average Bonchev–Trinajstić information content (AvgIpc) is 2.47. The topological polar surface area (TPSA) is 96.5 Å². The largest absolute Gasteiger partial charge is 0.383 e. The molecule has 0 spiro atoms. The lowest BCUT2D eigenvalue weighted by Gasteiger charge is -2.13. The van der Waals surface area contributed by atoms with E-state index in [0.29, 0.717) is 12.2 Å². The van der Waals surface area contributed by atoms with E-state index in [1.807, 2.05) is 13.8 Å². The monoisotopic (exact) mass is 307 g/mol. The highest BCUT2D eigenvalue weighted by molar-refractivity contribution is 6.40. The fourth-order valence-electron chi connectivity index (χ4n) is 1.66. The Morgan fingerprint density at radius 1 is 1.14 bits per heavy atom. The quantitative estimate of drug-likeness (QED) is 0.527. The first kappa shape index (κ1) is 17.6. The summed E-state index contributed by atoms with van der Waals surface area (Å²) in [6, 6.07) is 6.47. The third-order valence-corrected chi connectivity index (χ3v) is 2.64. The second-order valence-corrected chi connectivity index (χ2v) is 4.88. The summed E-state index contributed by atoms with van der Waals surface area (Å²) >= 11 is 0. The smallest absolute Gasteiger partial charge is 0.313 e. The third-order valence-electron chi connectivity index (χ3n) is 2.64. The van der Waals surface area contributed by atoms with Crippen molar-refractivity contribution in [2.75, 3.05) is 25.6 Å². The highest BCUT2D eigenvalue weighted by Gasteiger charge is 2.17. The van der Waals surface area contributed by atoms with Crippen molar-refractivity contribution >= 4 is 23.4 Å². The maximum atomic E-state index is 12.1. The number of para-hydroxylation sites is 1. The zero-order valence-electron chi connectivity index (χ0n) is 12.9. The van der Waals surface area contributed by atoms with Gasteiger partial charge in [0.15, 0.2) is 0 Å². The molecule has 3 N–H and O–H groups in total. The van der Waals surface area contributed by atoms with Gasteiger partial charge in [-0.3, -0.25) is 14.4 Å². The van der Waals surface area contributed by atoms with Crippen LogP contribution in [0.2, 0.25) is 0 Å². The van der Waals surface area contributed by atoms with Crippen LogP contribution in [0.4, 0.5) is 5.69 Å². The molecular formula is C15H21N3O4. The Balaban J connectivity index is 2.75. The normalized spacial score (nSPS) is 10.2. The molecule has 7 nitrogen and oxygen atoms in total. The number of benzene rings is 1. The average molecular weight is 307 g/mol. The summed E-state index contributed by atoms with van der Waals surface area (Å²) in [5, 5.41) is 7.58. The van der Waals surface area contributed by atoms with Crippen molar-refractivity contribution in [1.82, 2.24) is 10.6 Å². The van der Waals surface area contributed by atoms with Gasteiger partial charge in [0.25, 0.3) is 5.91 Å². The predicted molar refractivity (Wildman–Crippen MR) is 82.6 cm³/mol. The molecule has 3 amide bonds. The predicted octanol–water partition coefficient (Wildman–Crippen LogP) is 0.526. The van der Waals surface area contributed by atoms with Gasteiger partial charge in [0.05, 0.1) is 17.9 Å². The van der Waals surface area contributed by atoms with Crippen LogP contribution in [0.15, 0.2) is 24.3 Å². The molecule has 1 aromatic carbocycles. The minimum atomic E-state index is -0.833. The van der Waals surface area contributed by atoms with E-state index in [1.165, 1.54) is 7.11 Å². The summed E-state index contributed by atoms with van der Waals surface area (Å²) < 4.78 is 4.78. The van der Waals surface area contributed by atoms with E-state index >= 15 is 0 Å². The number of carbonyl (C=O) groups excluding carboxylic acids is 3. The lowest BCUT2D eigenvalue weighted by molar-refractivity contribution is -0.136. The SMILES string of the molecule is COCCNC(=O)C(=O)Nc1ccccc1C(=O)NC(C)C. The minimum absolute atomic E-state index is 0.0337. The highest BCUT2D eigenvalue weighted by atomic mass is 16.5. The van der Waals surface area contributed by atoms with Crippen molar-refractivity contribution in [2.24, 2.45) is 0 Å². The van der Waals surface area contributed by atoms with Crippen molar-refractivity contribution in [3.8, 4) is 0 Å². The second-order valence-electron chi connectivity index (χ2n) is 4.88. The van der Waals surface area contributed by atoms with Gasteiger partial charge in [-0.1, -0.05) is 12.1 Å². The fourth-order valence-corrected chi connectivity index (χ4v) is 1.66. The molecule has 7 heteroatoms. The molecule has 0 fully saturated rings. The molecule has 1 aromatic rings. The number of ether oxygens (including phenoxy) is 1. The summed E-state index contributed by atoms with van der Waals surface area (Å²) in [5.74, 6) is -1.93. The van der Waals surface area contributed by atoms with Crippen LogP contribution in [-0.4, -0.2) is 44.0 Å². The van der Waals surface area contributed by atoms with E-state index < -0.39 is 11.8 Å². The first-order chi connectivity index (χ1) is 10.5.